The summed E-state index contributed by atoms with van der Waals surface area (Å²) in [4.78, 5) is 4.87. The predicted octanol–water partition coefficient (Wildman–Crippen LogP) is 1.59. The van der Waals surface area contributed by atoms with Crippen molar-refractivity contribution in [2.24, 2.45) is 5.16 Å². The lowest BCUT2D eigenvalue weighted by atomic mass is 10.2. The van der Waals surface area contributed by atoms with Crippen molar-refractivity contribution in [3.63, 3.8) is 0 Å². The number of oxime groups is 1. The van der Waals surface area contributed by atoms with Crippen molar-refractivity contribution < 1.29 is 4.84 Å². The summed E-state index contributed by atoms with van der Waals surface area (Å²) in [5, 5.41) is 19.9. The molecule has 0 aliphatic carbocycles. The number of rotatable bonds is 4. The Balaban J connectivity index is 3.89. The van der Waals surface area contributed by atoms with E-state index < -0.39 is 0 Å². The Hall–Kier alpha value is -1.55. The van der Waals surface area contributed by atoms with Crippen LogP contribution in [-0.2, 0) is 4.84 Å². The monoisotopic (exact) mass is 165 g/mol. The fourth-order valence-electron chi connectivity index (χ4n) is 0.668. The third-order valence-corrected chi connectivity index (χ3v) is 1.23. The van der Waals surface area contributed by atoms with Gasteiger partial charge in [0.05, 0.1) is 0 Å². The Bertz CT molecular complexity index is 218. The van der Waals surface area contributed by atoms with Crippen LogP contribution in [0, 0.1) is 22.7 Å². The van der Waals surface area contributed by atoms with Crippen LogP contribution in [0.1, 0.15) is 26.7 Å². The zero-order valence-corrected chi connectivity index (χ0v) is 7.24. The first-order chi connectivity index (χ1) is 5.74. The molecule has 0 saturated heterocycles. The summed E-state index contributed by atoms with van der Waals surface area (Å²) in [6.45, 7) is 3.87. The minimum atomic E-state index is -0.238. The second kappa shape index (κ2) is 6.18. The highest BCUT2D eigenvalue weighted by Gasteiger charge is 2.00. The van der Waals surface area contributed by atoms with Crippen LogP contribution in [0.3, 0.4) is 0 Å². The Kier molecular flexibility index (Phi) is 5.38. The van der Waals surface area contributed by atoms with Crippen molar-refractivity contribution in [2.75, 3.05) is 0 Å². The molecule has 0 fully saturated rings. The molecule has 0 radical (unpaired) electrons. The third kappa shape index (κ3) is 4.29. The first-order valence-corrected chi connectivity index (χ1v) is 3.78. The summed E-state index contributed by atoms with van der Waals surface area (Å²) in [7, 11) is 0. The molecule has 64 valence electrons. The topological polar surface area (TPSA) is 69.2 Å². The quantitative estimate of drug-likeness (QED) is 0.469. The summed E-state index contributed by atoms with van der Waals surface area (Å²) in [5.74, 6) is 0. The average molecular weight is 165 g/mol. The zero-order chi connectivity index (χ0) is 9.40. The van der Waals surface area contributed by atoms with Crippen LogP contribution in [0.5, 0.6) is 0 Å². The summed E-state index contributed by atoms with van der Waals surface area (Å²) in [5.41, 5.74) is -0.238. The van der Waals surface area contributed by atoms with Gasteiger partial charge in [-0.3, -0.25) is 0 Å². The van der Waals surface area contributed by atoms with Crippen LogP contribution < -0.4 is 0 Å². The predicted molar refractivity (Wildman–Crippen MR) is 44.1 cm³/mol. The van der Waals surface area contributed by atoms with Crippen molar-refractivity contribution >= 4 is 5.71 Å². The zero-order valence-electron chi connectivity index (χ0n) is 7.24. The standard InChI is InChI=1S/C8H11N3O/c1-3-4-7(2)12-11-8(5-9)6-10/h7H,3-4H2,1-2H3. The third-order valence-electron chi connectivity index (χ3n) is 1.23. The van der Waals surface area contributed by atoms with E-state index in [9.17, 15) is 0 Å². The molecule has 0 aromatic carbocycles. The SMILES string of the molecule is CCCC(C)ON=C(C#N)C#N. The molecule has 4 heteroatoms. The molecule has 0 bridgehead atoms. The summed E-state index contributed by atoms with van der Waals surface area (Å²) < 4.78 is 0. The van der Waals surface area contributed by atoms with Gasteiger partial charge in [0.25, 0.3) is 5.71 Å². The minimum absolute atomic E-state index is 0.0355. The molecule has 0 heterocycles. The van der Waals surface area contributed by atoms with E-state index in [-0.39, 0.29) is 11.8 Å². The van der Waals surface area contributed by atoms with E-state index in [1.165, 1.54) is 0 Å². The van der Waals surface area contributed by atoms with Gasteiger partial charge in [-0.25, -0.2) is 0 Å². The van der Waals surface area contributed by atoms with Crippen molar-refractivity contribution in [1.29, 1.82) is 10.5 Å². The normalized spacial score (nSPS) is 10.7. The lowest BCUT2D eigenvalue weighted by Crippen LogP contribution is -2.04. The summed E-state index contributed by atoms with van der Waals surface area (Å²) in [6.07, 6.45) is 1.82. The molecule has 1 unspecified atom stereocenters. The number of hydrogen-bond donors (Lipinski definition) is 0. The molecule has 0 saturated carbocycles. The minimum Gasteiger partial charge on any atom is -0.391 e. The molecular formula is C8H11N3O. The van der Waals surface area contributed by atoms with E-state index in [0.29, 0.717) is 0 Å². The van der Waals surface area contributed by atoms with Gasteiger partial charge in [0.1, 0.15) is 18.2 Å². The molecular weight excluding hydrogens is 154 g/mol. The smallest absolute Gasteiger partial charge is 0.256 e. The van der Waals surface area contributed by atoms with Crippen LogP contribution >= 0.6 is 0 Å². The van der Waals surface area contributed by atoms with Gasteiger partial charge in [-0.1, -0.05) is 18.5 Å². The Morgan fingerprint density at radius 1 is 1.50 bits per heavy atom. The van der Waals surface area contributed by atoms with Gasteiger partial charge in [-0.15, -0.1) is 0 Å². The highest BCUT2D eigenvalue weighted by atomic mass is 16.6. The van der Waals surface area contributed by atoms with Gasteiger partial charge in [0.2, 0.25) is 0 Å². The second-order valence-corrected chi connectivity index (χ2v) is 2.37. The van der Waals surface area contributed by atoms with Crippen LogP contribution in [0.2, 0.25) is 0 Å². The molecule has 4 nitrogen and oxygen atoms in total. The molecule has 1 atom stereocenters. The van der Waals surface area contributed by atoms with Gasteiger partial charge in [0, 0.05) is 0 Å². The lowest BCUT2D eigenvalue weighted by molar-refractivity contribution is 0.0665. The van der Waals surface area contributed by atoms with E-state index in [2.05, 4.69) is 5.16 Å². The van der Waals surface area contributed by atoms with Crippen LogP contribution in [-0.4, -0.2) is 11.8 Å². The van der Waals surface area contributed by atoms with Gasteiger partial charge in [-0.05, 0) is 13.3 Å². The molecule has 0 amide bonds. The van der Waals surface area contributed by atoms with Gasteiger partial charge < -0.3 is 4.84 Å². The first kappa shape index (κ1) is 10.4. The number of nitriles is 2. The van der Waals surface area contributed by atoms with E-state index in [1.807, 2.05) is 13.8 Å². The van der Waals surface area contributed by atoms with Crippen molar-refractivity contribution in [2.45, 2.75) is 32.8 Å². The molecule has 0 spiro atoms. The van der Waals surface area contributed by atoms with E-state index in [4.69, 9.17) is 15.4 Å². The molecule has 0 rings (SSSR count). The Labute approximate surface area is 72.0 Å². The maximum Gasteiger partial charge on any atom is 0.256 e. The van der Waals surface area contributed by atoms with Gasteiger partial charge >= 0.3 is 0 Å². The van der Waals surface area contributed by atoms with Crippen molar-refractivity contribution in [3.05, 3.63) is 0 Å². The summed E-state index contributed by atoms with van der Waals surface area (Å²) >= 11 is 0. The maximum atomic E-state index is 8.29. The van der Waals surface area contributed by atoms with Crippen LogP contribution in [0.4, 0.5) is 0 Å². The molecule has 0 aliphatic heterocycles. The Morgan fingerprint density at radius 2 is 2.08 bits per heavy atom. The van der Waals surface area contributed by atoms with Crippen LogP contribution in [0.25, 0.3) is 0 Å². The first-order valence-electron chi connectivity index (χ1n) is 3.78. The average Bonchev–Trinajstić information content (AvgIpc) is 2.07. The van der Waals surface area contributed by atoms with Crippen LogP contribution in [0.15, 0.2) is 5.16 Å². The van der Waals surface area contributed by atoms with Crippen molar-refractivity contribution in [3.8, 4) is 12.1 Å². The molecule has 0 N–H and O–H groups in total. The molecule has 12 heavy (non-hydrogen) atoms. The van der Waals surface area contributed by atoms with Gasteiger partial charge in [-0.2, -0.15) is 10.5 Å². The van der Waals surface area contributed by atoms with E-state index >= 15 is 0 Å². The highest BCUT2D eigenvalue weighted by molar-refractivity contribution is 6.09. The highest BCUT2D eigenvalue weighted by Crippen LogP contribution is 2.00. The maximum absolute atomic E-state index is 8.29. The number of nitrogens with zero attached hydrogens (tertiary/aromatic N) is 3. The van der Waals surface area contributed by atoms with E-state index in [1.54, 1.807) is 12.1 Å². The largest absolute Gasteiger partial charge is 0.391 e. The number of hydrogen-bond acceptors (Lipinski definition) is 4. The molecule has 0 aromatic heterocycles. The summed E-state index contributed by atoms with van der Waals surface area (Å²) in [6, 6.07) is 3.23. The van der Waals surface area contributed by atoms with Crippen molar-refractivity contribution in [1.82, 2.24) is 0 Å². The fourth-order valence-corrected chi connectivity index (χ4v) is 0.668. The Morgan fingerprint density at radius 3 is 2.50 bits per heavy atom. The van der Waals surface area contributed by atoms with Gasteiger partial charge in [0.15, 0.2) is 0 Å². The second-order valence-electron chi connectivity index (χ2n) is 2.37. The fraction of sp³-hybridized carbons (Fsp3) is 0.625. The van der Waals surface area contributed by atoms with E-state index in [0.717, 1.165) is 12.8 Å². The molecule has 0 aliphatic rings. The molecule has 0 aromatic rings. The lowest BCUT2D eigenvalue weighted by Gasteiger charge is -2.05.